The Kier molecular flexibility index (Phi) is 5.48. The predicted octanol–water partition coefficient (Wildman–Crippen LogP) is 3.28. The van der Waals surface area contributed by atoms with Crippen LogP contribution in [0.4, 0.5) is 0 Å². The van der Waals surface area contributed by atoms with Crippen molar-refractivity contribution < 1.29 is 14.6 Å². The number of aliphatic hydroxyl groups excluding tert-OH is 1. The SMILES string of the molecule is COC(=O)[C@@H]1[C@H]2C[C@H]3c4c(c5ccccc5n4C)CCN3C[C@@H]2CC[C@@H]1O.I. The maximum atomic E-state index is 12.4. The minimum Gasteiger partial charge on any atom is -0.469 e. The molecule has 6 heteroatoms. The monoisotopic (exact) mass is 496 g/mol. The average Bonchev–Trinajstić information content (AvgIpc) is 2.99. The van der Waals surface area contributed by atoms with Crippen LogP contribution in [0.3, 0.4) is 0 Å². The second-order valence-electron chi connectivity index (χ2n) is 8.55. The van der Waals surface area contributed by atoms with E-state index in [0.29, 0.717) is 18.4 Å². The van der Waals surface area contributed by atoms with Gasteiger partial charge in [0.15, 0.2) is 0 Å². The number of aromatic nitrogens is 1. The van der Waals surface area contributed by atoms with Gasteiger partial charge in [0, 0.05) is 36.7 Å². The Bertz CT molecular complexity index is 895. The normalized spacial score (nSPS) is 32.0. The fourth-order valence-corrected chi connectivity index (χ4v) is 6.19. The lowest BCUT2D eigenvalue weighted by Crippen LogP contribution is -2.53. The summed E-state index contributed by atoms with van der Waals surface area (Å²) in [5.74, 6) is 0.0612. The summed E-state index contributed by atoms with van der Waals surface area (Å²) < 4.78 is 7.42. The number of aliphatic hydroxyl groups is 1. The van der Waals surface area contributed by atoms with Gasteiger partial charge in [-0.05, 0) is 49.1 Å². The van der Waals surface area contributed by atoms with Crippen LogP contribution < -0.4 is 0 Å². The van der Waals surface area contributed by atoms with Crippen LogP contribution in [0.2, 0.25) is 0 Å². The van der Waals surface area contributed by atoms with Crippen molar-refractivity contribution >= 4 is 40.8 Å². The highest BCUT2D eigenvalue weighted by Crippen LogP contribution is 2.49. The van der Waals surface area contributed by atoms with Crippen molar-refractivity contribution in [2.45, 2.75) is 37.8 Å². The molecular formula is C22H29IN2O3. The van der Waals surface area contributed by atoms with E-state index in [2.05, 4.69) is 40.8 Å². The molecule has 2 aliphatic heterocycles. The molecule has 0 amide bonds. The fraction of sp³-hybridized carbons (Fsp3) is 0.591. The topological polar surface area (TPSA) is 54.7 Å². The van der Waals surface area contributed by atoms with Crippen LogP contribution in [-0.4, -0.2) is 46.8 Å². The number of halogens is 1. The molecule has 5 rings (SSSR count). The van der Waals surface area contributed by atoms with Gasteiger partial charge in [-0.2, -0.15) is 0 Å². The van der Waals surface area contributed by atoms with Crippen LogP contribution in [-0.2, 0) is 23.0 Å². The van der Waals surface area contributed by atoms with Gasteiger partial charge in [-0.1, -0.05) is 18.2 Å². The molecule has 1 saturated heterocycles. The van der Waals surface area contributed by atoms with Crippen LogP contribution in [0.25, 0.3) is 10.9 Å². The van der Waals surface area contributed by atoms with Crippen LogP contribution in [0.5, 0.6) is 0 Å². The minimum absolute atomic E-state index is 0. The number of benzene rings is 1. The van der Waals surface area contributed by atoms with Crippen LogP contribution in [0, 0.1) is 17.8 Å². The molecule has 5 nitrogen and oxygen atoms in total. The Morgan fingerprint density at radius 2 is 2.04 bits per heavy atom. The third-order valence-electron chi connectivity index (χ3n) is 7.42. The largest absolute Gasteiger partial charge is 0.469 e. The van der Waals surface area contributed by atoms with Crippen molar-refractivity contribution in [3.63, 3.8) is 0 Å². The molecule has 0 radical (unpaired) electrons. The number of fused-ring (bicyclic) bond motifs is 6. The number of carbonyl (C=O) groups is 1. The molecule has 28 heavy (non-hydrogen) atoms. The number of hydrogen-bond donors (Lipinski definition) is 1. The number of methoxy groups -OCH3 is 1. The van der Waals surface area contributed by atoms with Crippen molar-refractivity contribution in [2.24, 2.45) is 24.8 Å². The second-order valence-corrected chi connectivity index (χ2v) is 8.55. The van der Waals surface area contributed by atoms with Crippen molar-refractivity contribution in [3.05, 3.63) is 35.5 Å². The first-order valence-electron chi connectivity index (χ1n) is 10.2. The van der Waals surface area contributed by atoms with Crippen molar-refractivity contribution in [1.29, 1.82) is 0 Å². The molecule has 1 aromatic carbocycles. The molecule has 0 spiro atoms. The number of carbonyl (C=O) groups excluding carboxylic acids is 1. The Morgan fingerprint density at radius 3 is 2.82 bits per heavy atom. The number of aryl methyl sites for hydroxylation is 1. The first-order valence-corrected chi connectivity index (χ1v) is 10.2. The highest BCUT2D eigenvalue weighted by Gasteiger charge is 2.49. The summed E-state index contributed by atoms with van der Waals surface area (Å²) in [5, 5.41) is 11.9. The van der Waals surface area contributed by atoms with E-state index in [1.165, 1.54) is 29.3 Å². The molecule has 0 unspecified atom stereocenters. The Morgan fingerprint density at radius 1 is 1.25 bits per heavy atom. The van der Waals surface area contributed by atoms with Gasteiger partial charge >= 0.3 is 5.97 Å². The molecule has 0 bridgehead atoms. The molecule has 2 aromatic rings. The lowest BCUT2D eigenvalue weighted by atomic mass is 9.65. The van der Waals surface area contributed by atoms with E-state index in [-0.39, 0.29) is 41.8 Å². The first-order chi connectivity index (χ1) is 13.1. The zero-order valence-corrected chi connectivity index (χ0v) is 18.8. The Labute approximate surface area is 183 Å². The van der Waals surface area contributed by atoms with E-state index >= 15 is 0 Å². The summed E-state index contributed by atoms with van der Waals surface area (Å²) in [5.41, 5.74) is 4.17. The number of piperidine rings is 1. The molecule has 2 fully saturated rings. The fourth-order valence-electron chi connectivity index (χ4n) is 6.19. The highest BCUT2D eigenvalue weighted by atomic mass is 127. The lowest BCUT2D eigenvalue weighted by Gasteiger charge is -2.51. The van der Waals surface area contributed by atoms with E-state index in [0.717, 1.165) is 32.4 Å². The van der Waals surface area contributed by atoms with Crippen molar-refractivity contribution in [2.75, 3.05) is 20.2 Å². The number of rotatable bonds is 1. The molecule has 1 aromatic heterocycles. The van der Waals surface area contributed by atoms with E-state index in [4.69, 9.17) is 4.74 Å². The maximum Gasteiger partial charge on any atom is 0.311 e. The van der Waals surface area contributed by atoms with E-state index < -0.39 is 6.10 Å². The zero-order valence-electron chi connectivity index (χ0n) is 16.5. The van der Waals surface area contributed by atoms with Gasteiger partial charge in [-0.15, -0.1) is 24.0 Å². The van der Waals surface area contributed by atoms with Gasteiger partial charge < -0.3 is 14.4 Å². The van der Waals surface area contributed by atoms with E-state index in [1.807, 2.05) is 0 Å². The predicted molar refractivity (Wildman–Crippen MR) is 119 cm³/mol. The van der Waals surface area contributed by atoms with Crippen LogP contribution in [0.15, 0.2) is 24.3 Å². The van der Waals surface area contributed by atoms with Gasteiger partial charge in [0.05, 0.1) is 25.2 Å². The third kappa shape index (κ3) is 2.91. The van der Waals surface area contributed by atoms with E-state index in [9.17, 15) is 9.90 Å². The van der Waals surface area contributed by atoms with Crippen molar-refractivity contribution in [3.8, 4) is 0 Å². The number of hydrogen-bond acceptors (Lipinski definition) is 4. The van der Waals surface area contributed by atoms with Gasteiger partial charge in [0.25, 0.3) is 0 Å². The highest BCUT2D eigenvalue weighted by molar-refractivity contribution is 14.0. The van der Waals surface area contributed by atoms with Crippen LogP contribution in [0.1, 0.15) is 36.6 Å². The number of ether oxygens (including phenoxy) is 1. The minimum atomic E-state index is -0.569. The molecule has 5 atom stereocenters. The molecule has 152 valence electrons. The molecule has 3 aliphatic rings. The van der Waals surface area contributed by atoms with Crippen molar-refractivity contribution in [1.82, 2.24) is 9.47 Å². The second kappa shape index (κ2) is 7.61. The molecule has 1 N–H and O–H groups in total. The van der Waals surface area contributed by atoms with Crippen LogP contribution >= 0.6 is 24.0 Å². The molecule has 1 saturated carbocycles. The smallest absolute Gasteiger partial charge is 0.311 e. The lowest BCUT2D eigenvalue weighted by molar-refractivity contribution is -0.160. The van der Waals surface area contributed by atoms with Gasteiger partial charge in [0.2, 0.25) is 0 Å². The van der Waals surface area contributed by atoms with Gasteiger partial charge in [-0.3, -0.25) is 9.69 Å². The molecule has 3 heterocycles. The number of esters is 1. The maximum absolute atomic E-state index is 12.4. The first kappa shape index (κ1) is 20.2. The average molecular weight is 496 g/mol. The summed E-state index contributed by atoms with van der Waals surface area (Å²) in [4.78, 5) is 15.1. The summed E-state index contributed by atoms with van der Waals surface area (Å²) in [7, 11) is 3.61. The Hall–Kier alpha value is -1.12. The third-order valence-corrected chi connectivity index (χ3v) is 7.42. The van der Waals surface area contributed by atoms with E-state index in [1.54, 1.807) is 0 Å². The summed E-state index contributed by atoms with van der Waals surface area (Å²) in [6.45, 7) is 2.11. The van der Waals surface area contributed by atoms with Gasteiger partial charge in [-0.25, -0.2) is 0 Å². The van der Waals surface area contributed by atoms with Gasteiger partial charge in [0.1, 0.15) is 0 Å². The quantitative estimate of drug-likeness (QED) is 0.487. The standard InChI is InChI=1S/C22H28N2O3.HI/c1-23-17-6-4-3-5-14(17)15-9-10-24-12-13-7-8-19(25)20(22(26)27-2)16(13)11-18(24)21(15)23;/h3-6,13,16,18-20,25H,7-12H2,1-2H3;1H/t13-,16-,18-,19-,20+;/m0./s1. The zero-order chi connectivity index (χ0) is 18.7. The Balaban J connectivity index is 0.00000192. The molecule has 1 aliphatic carbocycles. The summed E-state index contributed by atoms with van der Waals surface area (Å²) in [6.07, 6.45) is 3.16. The number of para-hydroxylation sites is 1. The molecular weight excluding hydrogens is 467 g/mol. The summed E-state index contributed by atoms with van der Waals surface area (Å²) in [6, 6.07) is 8.98. The summed E-state index contributed by atoms with van der Waals surface area (Å²) >= 11 is 0. The number of nitrogens with zero attached hydrogens (tertiary/aromatic N) is 2.